The number of Topliss-reactive ketones (excluding diaryl/α,β-unsaturated/α-hetero) is 4. The zero-order chi connectivity index (χ0) is 35.3. The number of rotatable bonds is 16. The van der Waals surface area contributed by atoms with E-state index in [1.807, 2.05) is 27.7 Å². The van der Waals surface area contributed by atoms with Crippen LogP contribution >= 0.6 is 0 Å². The van der Waals surface area contributed by atoms with Gasteiger partial charge in [0, 0.05) is 50.0 Å². The number of ketones is 4. The van der Waals surface area contributed by atoms with E-state index in [4.69, 9.17) is 0 Å². The Bertz CT molecular complexity index is 1380. The van der Waals surface area contributed by atoms with Gasteiger partial charge < -0.3 is 10.2 Å². The van der Waals surface area contributed by atoms with Gasteiger partial charge in [-0.15, -0.1) is 0 Å². The van der Waals surface area contributed by atoms with Crippen LogP contribution in [0.1, 0.15) is 134 Å². The summed E-state index contributed by atoms with van der Waals surface area (Å²) in [7, 11) is 0. The molecule has 5 rings (SSSR count). The van der Waals surface area contributed by atoms with Crippen molar-refractivity contribution in [2.24, 2.45) is 40.9 Å². The Balaban J connectivity index is 1.36. The molecule has 1 aliphatic heterocycles. The third-order valence-corrected chi connectivity index (χ3v) is 11.6. The summed E-state index contributed by atoms with van der Waals surface area (Å²) < 4.78 is 0. The summed E-state index contributed by atoms with van der Waals surface area (Å²) in [6, 6.07) is -1.60. The van der Waals surface area contributed by atoms with Crippen molar-refractivity contribution in [3.63, 3.8) is 0 Å². The van der Waals surface area contributed by atoms with Gasteiger partial charge >= 0.3 is 0 Å². The lowest BCUT2D eigenvalue weighted by molar-refractivity contribution is -0.146. The summed E-state index contributed by atoms with van der Waals surface area (Å²) in [6.07, 6.45) is 15.2. The Morgan fingerprint density at radius 2 is 1.65 bits per heavy atom. The second-order valence-corrected chi connectivity index (χ2v) is 16.4. The Morgan fingerprint density at radius 3 is 2.29 bits per heavy atom. The van der Waals surface area contributed by atoms with Crippen molar-refractivity contribution in [2.75, 3.05) is 6.54 Å². The first-order valence-corrected chi connectivity index (χ1v) is 18.9. The molecule has 3 saturated carbocycles. The van der Waals surface area contributed by atoms with E-state index in [0.717, 1.165) is 64.2 Å². The molecule has 4 aliphatic rings. The molecule has 0 radical (unpaired) electrons. The van der Waals surface area contributed by atoms with Crippen LogP contribution in [0.15, 0.2) is 18.6 Å². The molecule has 4 fully saturated rings. The number of hydrogen-bond donors (Lipinski definition) is 1. The number of fused-ring (bicyclic) bond motifs is 1. The molecular weight excluding hydrogens is 620 g/mol. The summed E-state index contributed by atoms with van der Waals surface area (Å²) in [6.45, 7) is 8.11. The highest BCUT2D eigenvalue weighted by atomic mass is 16.2. The third kappa shape index (κ3) is 9.09. The molecule has 0 bridgehead atoms. The lowest BCUT2D eigenvalue weighted by Crippen LogP contribution is -2.58. The molecule has 2 amide bonds. The molecule has 1 aromatic rings. The molecule has 1 N–H and O–H groups in total. The lowest BCUT2D eigenvalue weighted by Gasteiger charge is -2.38. The first kappa shape index (κ1) is 37.0. The largest absolute Gasteiger partial charge is 0.344 e. The summed E-state index contributed by atoms with van der Waals surface area (Å²) in [5.41, 5.74) is -0.460. The van der Waals surface area contributed by atoms with Crippen LogP contribution in [0.5, 0.6) is 0 Å². The van der Waals surface area contributed by atoms with E-state index in [1.165, 1.54) is 18.6 Å². The second-order valence-electron chi connectivity index (χ2n) is 16.4. The number of amides is 2. The van der Waals surface area contributed by atoms with Gasteiger partial charge in [-0.3, -0.25) is 33.8 Å². The molecule has 10 nitrogen and oxygen atoms in total. The molecule has 3 aliphatic carbocycles. The zero-order valence-electron chi connectivity index (χ0n) is 30.0. The highest BCUT2D eigenvalue weighted by Crippen LogP contribution is 2.44. The van der Waals surface area contributed by atoms with Gasteiger partial charge in [0.1, 0.15) is 11.7 Å². The van der Waals surface area contributed by atoms with Crippen LogP contribution in [-0.2, 0) is 24.0 Å². The van der Waals surface area contributed by atoms with E-state index in [2.05, 4.69) is 15.3 Å². The van der Waals surface area contributed by atoms with E-state index in [1.54, 1.807) is 4.90 Å². The van der Waals surface area contributed by atoms with Crippen LogP contribution < -0.4 is 5.32 Å². The molecule has 0 aromatic carbocycles. The van der Waals surface area contributed by atoms with Crippen LogP contribution in [0.2, 0.25) is 0 Å². The highest BCUT2D eigenvalue weighted by molar-refractivity contribution is 6.38. The van der Waals surface area contributed by atoms with E-state index >= 15 is 0 Å². The maximum Gasteiger partial charge on any atom is 0.246 e. The predicted molar refractivity (Wildman–Crippen MR) is 184 cm³/mol. The standard InChI is InChI=1S/C39H56N4O6/c1-5-10-26(35(47)33(46)19-24-15-16-24)20-32(45)34-28-14-9-13-27(28)23-43(34)38(49)36(39(2,3)4)42-37(48)29(25-11-7-6-8-12-25)21-31(44)30-22-40-17-18-41-30/h17-18,22,24-29,34,36H,5-16,19-21,23H2,1-4H3,(H,42,48)/t26-,27+,28+,29+,34+,36-/m1/s1. The average Bonchev–Trinajstić information content (AvgIpc) is 3.65. The van der Waals surface area contributed by atoms with Crippen LogP contribution in [0.4, 0.5) is 0 Å². The first-order chi connectivity index (χ1) is 23.4. The number of carbonyl (C=O) groups excluding carboxylic acids is 6. The van der Waals surface area contributed by atoms with Gasteiger partial charge in [0.2, 0.25) is 17.6 Å². The van der Waals surface area contributed by atoms with Gasteiger partial charge in [0.05, 0.1) is 12.2 Å². The average molecular weight is 677 g/mol. The van der Waals surface area contributed by atoms with Gasteiger partial charge in [-0.05, 0) is 74.0 Å². The summed E-state index contributed by atoms with van der Waals surface area (Å²) >= 11 is 0. The topological polar surface area (TPSA) is 143 Å². The molecule has 2 heterocycles. The lowest BCUT2D eigenvalue weighted by atomic mass is 9.76. The maximum atomic E-state index is 14.7. The van der Waals surface area contributed by atoms with Gasteiger partial charge in [-0.2, -0.15) is 0 Å². The van der Waals surface area contributed by atoms with Crippen LogP contribution in [0.25, 0.3) is 0 Å². The number of hydrogen-bond acceptors (Lipinski definition) is 8. The van der Waals surface area contributed by atoms with Gasteiger partial charge in [-0.25, -0.2) is 4.98 Å². The molecule has 6 atom stereocenters. The van der Waals surface area contributed by atoms with Gasteiger partial charge in [0.25, 0.3) is 0 Å². The molecule has 49 heavy (non-hydrogen) atoms. The highest BCUT2D eigenvalue weighted by Gasteiger charge is 2.52. The minimum Gasteiger partial charge on any atom is -0.344 e. The van der Waals surface area contributed by atoms with Crippen molar-refractivity contribution in [3.8, 4) is 0 Å². The Hall–Kier alpha value is -3.30. The van der Waals surface area contributed by atoms with Crippen molar-refractivity contribution in [2.45, 2.75) is 136 Å². The van der Waals surface area contributed by atoms with Crippen molar-refractivity contribution in [3.05, 3.63) is 24.3 Å². The molecular formula is C39H56N4O6. The number of carbonyl (C=O) groups is 6. The second kappa shape index (κ2) is 16.2. The number of likely N-dealkylation sites (tertiary alicyclic amines) is 1. The molecule has 1 aromatic heterocycles. The number of aromatic nitrogens is 2. The quantitative estimate of drug-likeness (QED) is 0.173. The molecule has 1 saturated heterocycles. The molecule has 10 heteroatoms. The Labute approximate surface area is 291 Å². The van der Waals surface area contributed by atoms with Crippen molar-refractivity contribution in [1.29, 1.82) is 0 Å². The minimum atomic E-state index is -0.917. The van der Waals surface area contributed by atoms with Crippen LogP contribution in [-0.4, -0.2) is 68.4 Å². The normalized spacial score (nSPS) is 24.5. The van der Waals surface area contributed by atoms with Crippen LogP contribution in [0.3, 0.4) is 0 Å². The molecule has 0 spiro atoms. The van der Waals surface area contributed by atoms with E-state index in [-0.39, 0.29) is 71.9 Å². The first-order valence-electron chi connectivity index (χ1n) is 18.9. The fourth-order valence-corrected chi connectivity index (χ4v) is 8.72. The fraction of sp³-hybridized carbons (Fsp3) is 0.744. The van der Waals surface area contributed by atoms with Crippen molar-refractivity contribution < 1.29 is 28.8 Å². The summed E-state index contributed by atoms with van der Waals surface area (Å²) in [5.74, 6) is -2.59. The van der Waals surface area contributed by atoms with Crippen molar-refractivity contribution in [1.82, 2.24) is 20.2 Å². The smallest absolute Gasteiger partial charge is 0.246 e. The van der Waals surface area contributed by atoms with Gasteiger partial charge in [0.15, 0.2) is 17.3 Å². The summed E-state index contributed by atoms with van der Waals surface area (Å²) in [5, 5.41) is 3.10. The minimum absolute atomic E-state index is 0.00639. The van der Waals surface area contributed by atoms with Crippen molar-refractivity contribution >= 4 is 34.9 Å². The molecule has 0 unspecified atom stereocenters. The Kier molecular flexibility index (Phi) is 12.2. The van der Waals surface area contributed by atoms with Crippen LogP contribution in [0, 0.1) is 40.9 Å². The maximum absolute atomic E-state index is 14.7. The van der Waals surface area contributed by atoms with E-state index in [0.29, 0.717) is 25.3 Å². The summed E-state index contributed by atoms with van der Waals surface area (Å²) in [4.78, 5) is 92.3. The fourth-order valence-electron chi connectivity index (χ4n) is 8.72. The van der Waals surface area contributed by atoms with Gasteiger partial charge in [-0.1, -0.05) is 59.8 Å². The number of nitrogens with one attached hydrogen (secondary N) is 1. The number of nitrogens with zero attached hydrogens (tertiary/aromatic N) is 3. The monoisotopic (exact) mass is 676 g/mol. The van der Waals surface area contributed by atoms with E-state index in [9.17, 15) is 28.8 Å². The SMILES string of the molecule is CCC[C@H](CC(=O)[C@@H]1[C@H]2CCC[C@H]2CN1C(=O)[C@@H](NC(=O)[C@@H](CC(=O)c1cnccn1)C1CCCCC1)C(C)(C)C)C(=O)C(=O)CC1CC1. The molecule has 268 valence electrons. The predicted octanol–water partition coefficient (Wildman–Crippen LogP) is 5.72. The van der Waals surface area contributed by atoms with E-state index < -0.39 is 35.1 Å². The third-order valence-electron chi connectivity index (χ3n) is 11.6. The Morgan fingerprint density at radius 1 is 0.918 bits per heavy atom. The zero-order valence-corrected chi connectivity index (χ0v) is 30.0.